The molecule has 0 aromatic heterocycles. The summed E-state index contributed by atoms with van der Waals surface area (Å²) in [5.41, 5.74) is 0. The third-order valence-corrected chi connectivity index (χ3v) is 2.58. The molecule has 9 heavy (non-hydrogen) atoms. The normalized spacial score (nSPS) is 40.9. The lowest BCUT2D eigenvalue weighted by atomic mass is 9.91. The molecule has 1 heterocycles. The Kier molecular flexibility index (Phi) is 1.31. The fraction of sp³-hybridized carbons (Fsp3) is 0.750. The fourth-order valence-corrected chi connectivity index (χ4v) is 2.02. The Morgan fingerprint density at radius 2 is 2.33 bits per heavy atom. The van der Waals surface area contributed by atoms with E-state index in [0.717, 1.165) is 12.0 Å². The van der Waals surface area contributed by atoms with Crippen molar-refractivity contribution in [1.82, 2.24) is 0 Å². The molecule has 0 aromatic rings. The van der Waals surface area contributed by atoms with E-state index in [2.05, 4.69) is 17.5 Å². The summed E-state index contributed by atoms with van der Waals surface area (Å²) >= 11 is 0. The van der Waals surface area contributed by atoms with Gasteiger partial charge in [0.2, 0.25) is 0 Å². The Hall–Kier alpha value is -0.300. The molecule has 0 saturated carbocycles. The van der Waals surface area contributed by atoms with Crippen LogP contribution in [-0.2, 0) is 0 Å². The second-order valence-corrected chi connectivity index (χ2v) is 3.16. The molecule has 2 N–H and O–H groups in total. The van der Waals surface area contributed by atoms with Crippen LogP contribution < -0.4 is 5.32 Å². The van der Waals surface area contributed by atoms with Crippen molar-refractivity contribution in [3.05, 3.63) is 12.2 Å². The summed E-state index contributed by atoms with van der Waals surface area (Å²) in [6, 6.07) is 0.860. The Labute approximate surface area is 56.1 Å². The predicted molar refractivity (Wildman–Crippen MR) is 37.1 cm³/mol. The van der Waals surface area contributed by atoms with Crippen LogP contribution >= 0.6 is 0 Å². The zero-order valence-corrected chi connectivity index (χ0v) is 5.72. The van der Waals surface area contributed by atoms with E-state index in [0.29, 0.717) is 0 Å². The highest BCUT2D eigenvalue weighted by atomic mass is 14.9. The van der Waals surface area contributed by atoms with Crippen LogP contribution in [0.25, 0.3) is 0 Å². The molecule has 50 valence electrons. The molecule has 1 fully saturated rings. The first-order chi connectivity index (χ1) is 4.47. The molecule has 0 amide bonds. The van der Waals surface area contributed by atoms with Gasteiger partial charge in [0.15, 0.2) is 0 Å². The average Bonchev–Trinajstić information content (AvgIpc) is 2.33. The molecule has 0 aromatic carbocycles. The summed E-state index contributed by atoms with van der Waals surface area (Å²) in [6.45, 7) is 1.36. The topological polar surface area (TPSA) is 16.6 Å². The number of rotatable bonds is 0. The van der Waals surface area contributed by atoms with Crippen molar-refractivity contribution in [3.8, 4) is 0 Å². The van der Waals surface area contributed by atoms with Gasteiger partial charge < -0.3 is 5.32 Å². The van der Waals surface area contributed by atoms with Gasteiger partial charge in [-0.1, -0.05) is 6.08 Å². The van der Waals surface area contributed by atoms with Gasteiger partial charge in [-0.15, -0.1) is 0 Å². The monoisotopic (exact) mass is 124 g/mol. The number of fused-ring (bicyclic) bond motifs is 1. The molecule has 2 atom stereocenters. The maximum absolute atomic E-state index is 2.47. The smallest absolute Gasteiger partial charge is 0.108 e. The molecule has 2 aliphatic rings. The maximum Gasteiger partial charge on any atom is 0.108 e. The van der Waals surface area contributed by atoms with Crippen LogP contribution in [0.1, 0.15) is 19.3 Å². The van der Waals surface area contributed by atoms with Crippen molar-refractivity contribution in [2.75, 3.05) is 6.54 Å². The molecule has 1 nitrogen and oxygen atoms in total. The quantitative estimate of drug-likeness (QED) is 0.447. The first-order valence-corrected chi connectivity index (χ1v) is 3.97. The van der Waals surface area contributed by atoms with Gasteiger partial charge in [0, 0.05) is 12.3 Å². The van der Waals surface area contributed by atoms with E-state index >= 15 is 0 Å². The van der Waals surface area contributed by atoms with Crippen LogP contribution in [0.2, 0.25) is 0 Å². The second-order valence-electron chi connectivity index (χ2n) is 3.16. The lowest BCUT2D eigenvalue weighted by molar-refractivity contribution is -0.663. The van der Waals surface area contributed by atoms with E-state index in [1.165, 1.54) is 25.8 Å². The third kappa shape index (κ3) is 0.897. The molecule has 1 saturated heterocycles. The van der Waals surface area contributed by atoms with E-state index in [-0.39, 0.29) is 0 Å². The Morgan fingerprint density at radius 3 is 3.22 bits per heavy atom. The molecule has 2 rings (SSSR count). The summed E-state index contributed by atoms with van der Waals surface area (Å²) in [7, 11) is 0. The summed E-state index contributed by atoms with van der Waals surface area (Å²) in [5.74, 6) is 1.02. The molecule has 0 radical (unpaired) electrons. The highest BCUT2D eigenvalue weighted by Crippen LogP contribution is 2.21. The van der Waals surface area contributed by atoms with Crippen LogP contribution in [0.15, 0.2) is 12.2 Å². The first-order valence-electron chi connectivity index (χ1n) is 3.97. The molecule has 0 spiro atoms. The number of hydrogen-bond acceptors (Lipinski definition) is 0. The predicted octanol–water partition coefficient (Wildman–Crippen LogP) is 0.288. The Balaban J connectivity index is 2.10. The average molecular weight is 124 g/mol. The minimum atomic E-state index is 0.860. The van der Waals surface area contributed by atoms with Crippen LogP contribution in [-0.4, -0.2) is 12.6 Å². The van der Waals surface area contributed by atoms with Crippen molar-refractivity contribution >= 4 is 0 Å². The van der Waals surface area contributed by atoms with Gasteiger partial charge in [0.25, 0.3) is 0 Å². The molecular weight excluding hydrogens is 110 g/mol. The van der Waals surface area contributed by atoms with Gasteiger partial charge in [-0.2, -0.15) is 0 Å². The van der Waals surface area contributed by atoms with Gasteiger partial charge in [-0.25, -0.2) is 0 Å². The van der Waals surface area contributed by atoms with Crippen molar-refractivity contribution in [2.45, 2.75) is 25.3 Å². The summed E-state index contributed by atoms with van der Waals surface area (Å²) in [4.78, 5) is 0. The molecule has 0 bridgehead atoms. The number of hydrogen-bond donors (Lipinski definition) is 1. The zero-order valence-electron chi connectivity index (χ0n) is 5.72. The van der Waals surface area contributed by atoms with Gasteiger partial charge in [-0.05, 0) is 18.9 Å². The van der Waals surface area contributed by atoms with Crippen LogP contribution in [0, 0.1) is 5.92 Å². The van der Waals surface area contributed by atoms with Gasteiger partial charge >= 0.3 is 0 Å². The summed E-state index contributed by atoms with van der Waals surface area (Å²) in [6.07, 6.45) is 8.95. The fourth-order valence-electron chi connectivity index (χ4n) is 2.02. The minimum Gasteiger partial charge on any atom is -0.340 e. The zero-order chi connectivity index (χ0) is 6.10. The molecule has 1 heteroatoms. The van der Waals surface area contributed by atoms with E-state index in [1.54, 1.807) is 0 Å². The lowest BCUT2D eigenvalue weighted by Crippen LogP contribution is -2.86. The number of quaternary nitrogens is 1. The van der Waals surface area contributed by atoms with Gasteiger partial charge in [-0.3, -0.25) is 0 Å². The van der Waals surface area contributed by atoms with Crippen molar-refractivity contribution in [1.29, 1.82) is 0 Å². The minimum absolute atomic E-state index is 0.860. The van der Waals surface area contributed by atoms with Crippen molar-refractivity contribution < 1.29 is 5.32 Å². The van der Waals surface area contributed by atoms with Crippen LogP contribution in [0.5, 0.6) is 0 Å². The maximum atomic E-state index is 2.47. The Bertz CT molecular complexity index is 129. The van der Waals surface area contributed by atoms with E-state index in [1.807, 2.05) is 0 Å². The van der Waals surface area contributed by atoms with E-state index < -0.39 is 0 Å². The SMILES string of the molecule is C1=CC2[NH2+]CCC2CC1. The second kappa shape index (κ2) is 2.14. The molecule has 1 aliphatic carbocycles. The van der Waals surface area contributed by atoms with Gasteiger partial charge in [0.1, 0.15) is 6.04 Å². The largest absolute Gasteiger partial charge is 0.340 e. The highest BCUT2D eigenvalue weighted by molar-refractivity contribution is 4.98. The summed E-state index contributed by atoms with van der Waals surface area (Å²) in [5, 5.41) is 2.47. The van der Waals surface area contributed by atoms with Crippen LogP contribution in [0.4, 0.5) is 0 Å². The Morgan fingerprint density at radius 1 is 1.33 bits per heavy atom. The number of nitrogens with two attached hydrogens (primary N) is 1. The van der Waals surface area contributed by atoms with Crippen molar-refractivity contribution in [2.24, 2.45) is 5.92 Å². The van der Waals surface area contributed by atoms with Crippen molar-refractivity contribution in [3.63, 3.8) is 0 Å². The lowest BCUT2D eigenvalue weighted by Gasteiger charge is -2.15. The molecular formula is C8H14N+. The highest BCUT2D eigenvalue weighted by Gasteiger charge is 2.29. The van der Waals surface area contributed by atoms with E-state index in [4.69, 9.17) is 0 Å². The molecule has 2 unspecified atom stereocenters. The number of allylic oxidation sites excluding steroid dienone is 1. The third-order valence-electron chi connectivity index (χ3n) is 2.58. The first kappa shape index (κ1) is 5.48. The van der Waals surface area contributed by atoms with E-state index in [9.17, 15) is 0 Å². The standard InChI is InChI=1S/C8H13N/c1-2-4-8-7(3-1)5-6-9-8/h2,4,7-9H,1,3,5-6H2/p+1. The summed E-state index contributed by atoms with van der Waals surface area (Å²) < 4.78 is 0. The van der Waals surface area contributed by atoms with Gasteiger partial charge in [0.05, 0.1) is 6.54 Å². The van der Waals surface area contributed by atoms with Crippen LogP contribution in [0.3, 0.4) is 0 Å². The molecule has 1 aliphatic heterocycles.